The van der Waals surface area contributed by atoms with Gasteiger partial charge in [0.05, 0.1) is 11.8 Å². The summed E-state index contributed by atoms with van der Waals surface area (Å²) in [6, 6.07) is 0. The van der Waals surface area contributed by atoms with Crippen LogP contribution in [0, 0.1) is 12.8 Å². The van der Waals surface area contributed by atoms with E-state index in [1.165, 1.54) is 0 Å². The van der Waals surface area contributed by atoms with Crippen LogP contribution in [0.15, 0.2) is 6.20 Å². The van der Waals surface area contributed by atoms with Crippen molar-refractivity contribution in [3.63, 3.8) is 0 Å². The number of rotatable bonds is 2. The molecule has 4 nitrogen and oxygen atoms in total. The maximum absolute atomic E-state index is 12.3. The van der Waals surface area contributed by atoms with Gasteiger partial charge in [0, 0.05) is 31.2 Å². The van der Waals surface area contributed by atoms with Gasteiger partial charge in [-0.1, -0.05) is 15.9 Å². The Kier molecular flexibility index (Phi) is 3.86. The Balaban J connectivity index is 2.04. The quantitative estimate of drug-likeness (QED) is 0.783. The van der Waals surface area contributed by atoms with Crippen molar-refractivity contribution >= 4 is 21.8 Å². The molecule has 1 aromatic heterocycles. The molecule has 5 heteroatoms. The lowest BCUT2D eigenvalue weighted by atomic mass is 9.98. The Morgan fingerprint density at radius 1 is 1.53 bits per heavy atom. The molecule has 0 aliphatic carbocycles. The van der Waals surface area contributed by atoms with Gasteiger partial charge >= 0.3 is 0 Å². The molecule has 1 amide bonds. The van der Waals surface area contributed by atoms with Gasteiger partial charge in [-0.05, 0) is 25.7 Å². The number of aromatic nitrogens is 2. The molecule has 17 heavy (non-hydrogen) atoms. The van der Waals surface area contributed by atoms with Crippen molar-refractivity contribution in [3.05, 3.63) is 17.5 Å². The average Bonchev–Trinajstić information content (AvgIpc) is 2.69. The second-order valence-electron chi connectivity index (χ2n) is 4.66. The number of hydrogen-bond acceptors (Lipinski definition) is 2. The highest BCUT2D eigenvalue weighted by Gasteiger charge is 2.24. The van der Waals surface area contributed by atoms with E-state index in [4.69, 9.17) is 0 Å². The van der Waals surface area contributed by atoms with Crippen LogP contribution in [0.2, 0.25) is 0 Å². The zero-order valence-electron chi connectivity index (χ0n) is 10.3. The molecule has 2 heterocycles. The molecule has 2 rings (SSSR count). The van der Waals surface area contributed by atoms with Crippen LogP contribution < -0.4 is 0 Å². The SMILES string of the molecule is Cc1c(C(=O)N2CCC(CBr)CC2)cnn1C. The van der Waals surface area contributed by atoms with Crippen molar-refractivity contribution < 1.29 is 4.79 Å². The molecule has 1 aliphatic heterocycles. The largest absolute Gasteiger partial charge is 0.339 e. The number of amides is 1. The Bertz CT molecular complexity index is 408. The molecule has 0 bridgehead atoms. The molecule has 1 aliphatic rings. The molecule has 0 N–H and O–H groups in total. The first kappa shape index (κ1) is 12.6. The van der Waals surface area contributed by atoms with Crippen molar-refractivity contribution in [1.29, 1.82) is 0 Å². The highest BCUT2D eigenvalue weighted by Crippen LogP contribution is 2.21. The summed E-state index contributed by atoms with van der Waals surface area (Å²) in [4.78, 5) is 14.2. The van der Waals surface area contributed by atoms with Gasteiger partial charge in [0.2, 0.25) is 0 Å². The number of aryl methyl sites for hydroxylation is 1. The maximum Gasteiger partial charge on any atom is 0.257 e. The van der Waals surface area contributed by atoms with Crippen LogP contribution in [-0.4, -0.2) is 39.0 Å². The van der Waals surface area contributed by atoms with Crippen LogP contribution in [0.3, 0.4) is 0 Å². The van der Waals surface area contributed by atoms with E-state index in [-0.39, 0.29) is 5.91 Å². The highest BCUT2D eigenvalue weighted by molar-refractivity contribution is 9.09. The van der Waals surface area contributed by atoms with Crippen LogP contribution in [0.5, 0.6) is 0 Å². The molecule has 0 aromatic carbocycles. The van der Waals surface area contributed by atoms with Gasteiger partial charge in [-0.3, -0.25) is 9.48 Å². The molecule has 1 aromatic rings. The molecular weight excluding hydrogens is 282 g/mol. The summed E-state index contributed by atoms with van der Waals surface area (Å²) >= 11 is 3.51. The van der Waals surface area contributed by atoms with E-state index in [0.29, 0.717) is 5.92 Å². The van der Waals surface area contributed by atoms with Crippen molar-refractivity contribution in [1.82, 2.24) is 14.7 Å². The van der Waals surface area contributed by atoms with Crippen LogP contribution in [0.25, 0.3) is 0 Å². The molecular formula is C12H18BrN3O. The standard InChI is InChI=1S/C12H18BrN3O/c1-9-11(8-14-15(9)2)12(17)16-5-3-10(7-13)4-6-16/h8,10H,3-7H2,1-2H3. The van der Waals surface area contributed by atoms with Gasteiger partial charge in [-0.2, -0.15) is 5.10 Å². The lowest BCUT2D eigenvalue weighted by Crippen LogP contribution is -2.39. The van der Waals surface area contributed by atoms with Crippen molar-refractivity contribution in [2.24, 2.45) is 13.0 Å². The molecule has 94 valence electrons. The summed E-state index contributed by atoms with van der Waals surface area (Å²) in [5, 5.41) is 5.17. The third-order valence-electron chi connectivity index (χ3n) is 3.59. The van der Waals surface area contributed by atoms with Crippen molar-refractivity contribution in [3.8, 4) is 0 Å². The highest BCUT2D eigenvalue weighted by atomic mass is 79.9. The number of hydrogen-bond donors (Lipinski definition) is 0. The number of piperidine rings is 1. The second-order valence-corrected chi connectivity index (χ2v) is 5.30. The smallest absolute Gasteiger partial charge is 0.257 e. The minimum Gasteiger partial charge on any atom is -0.339 e. The first-order valence-corrected chi connectivity index (χ1v) is 7.09. The molecule has 0 radical (unpaired) electrons. The first-order valence-electron chi connectivity index (χ1n) is 5.97. The van der Waals surface area contributed by atoms with E-state index in [9.17, 15) is 4.79 Å². The van der Waals surface area contributed by atoms with Gasteiger partial charge in [0.15, 0.2) is 0 Å². The van der Waals surface area contributed by atoms with E-state index in [1.54, 1.807) is 10.9 Å². The average molecular weight is 300 g/mol. The fraction of sp³-hybridized carbons (Fsp3) is 0.667. The fourth-order valence-electron chi connectivity index (χ4n) is 2.17. The fourth-order valence-corrected chi connectivity index (χ4v) is 2.82. The number of likely N-dealkylation sites (tertiary alicyclic amines) is 1. The third kappa shape index (κ3) is 2.54. The van der Waals surface area contributed by atoms with E-state index in [2.05, 4.69) is 21.0 Å². The molecule has 0 atom stereocenters. The summed E-state index contributed by atoms with van der Waals surface area (Å²) in [5.41, 5.74) is 1.68. The van der Waals surface area contributed by atoms with Crippen LogP contribution in [-0.2, 0) is 7.05 Å². The summed E-state index contributed by atoms with van der Waals surface area (Å²) in [6.07, 6.45) is 3.86. The van der Waals surface area contributed by atoms with Gasteiger partial charge < -0.3 is 4.90 Å². The number of nitrogens with zero attached hydrogens (tertiary/aromatic N) is 3. The Morgan fingerprint density at radius 2 is 2.18 bits per heavy atom. The second kappa shape index (κ2) is 5.21. The number of carbonyl (C=O) groups is 1. The summed E-state index contributed by atoms with van der Waals surface area (Å²) in [7, 11) is 1.86. The zero-order valence-corrected chi connectivity index (χ0v) is 11.9. The topological polar surface area (TPSA) is 38.1 Å². The molecule has 0 unspecified atom stereocenters. The van der Waals surface area contributed by atoms with Crippen LogP contribution in [0.4, 0.5) is 0 Å². The van der Waals surface area contributed by atoms with Crippen LogP contribution in [0.1, 0.15) is 28.9 Å². The first-order chi connectivity index (χ1) is 8.13. The molecule has 0 spiro atoms. The Hall–Kier alpha value is -0.840. The summed E-state index contributed by atoms with van der Waals surface area (Å²) in [5.74, 6) is 0.845. The molecule has 1 fully saturated rings. The lowest BCUT2D eigenvalue weighted by molar-refractivity contribution is 0.0698. The normalized spacial score (nSPS) is 17.5. The minimum absolute atomic E-state index is 0.128. The Labute approximate surface area is 110 Å². The lowest BCUT2D eigenvalue weighted by Gasteiger charge is -2.31. The van der Waals surface area contributed by atoms with E-state index < -0.39 is 0 Å². The maximum atomic E-state index is 12.3. The predicted molar refractivity (Wildman–Crippen MR) is 70.4 cm³/mol. The molecule has 0 saturated carbocycles. The summed E-state index contributed by atoms with van der Waals surface area (Å²) in [6.45, 7) is 3.67. The molecule has 1 saturated heterocycles. The number of alkyl halides is 1. The van der Waals surface area contributed by atoms with E-state index in [1.807, 2.05) is 18.9 Å². The van der Waals surface area contributed by atoms with Gasteiger partial charge in [0.25, 0.3) is 5.91 Å². The van der Waals surface area contributed by atoms with Crippen molar-refractivity contribution in [2.75, 3.05) is 18.4 Å². The van der Waals surface area contributed by atoms with Gasteiger partial charge in [-0.25, -0.2) is 0 Å². The zero-order chi connectivity index (χ0) is 12.4. The van der Waals surface area contributed by atoms with Gasteiger partial charge in [0.1, 0.15) is 0 Å². The van der Waals surface area contributed by atoms with E-state index >= 15 is 0 Å². The van der Waals surface area contributed by atoms with E-state index in [0.717, 1.165) is 42.5 Å². The minimum atomic E-state index is 0.128. The monoisotopic (exact) mass is 299 g/mol. The van der Waals surface area contributed by atoms with Crippen LogP contribution >= 0.6 is 15.9 Å². The predicted octanol–water partition coefficient (Wildman–Crippen LogP) is 1.98. The summed E-state index contributed by atoms with van der Waals surface area (Å²) < 4.78 is 1.75. The Morgan fingerprint density at radius 3 is 2.65 bits per heavy atom. The third-order valence-corrected chi connectivity index (χ3v) is 4.50. The van der Waals surface area contributed by atoms with Crippen molar-refractivity contribution in [2.45, 2.75) is 19.8 Å². The number of halogens is 1. The van der Waals surface area contributed by atoms with Gasteiger partial charge in [-0.15, -0.1) is 0 Å². The number of carbonyl (C=O) groups excluding carboxylic acids is 1.